The third-order valence-electron chi connectivity index (χ3n) is 6.24. The zero-order valence-electron chi connectivity index (χ0n) is 18.4. The quantitative estimate of drug-likeness (QED) is 0.434. The van der Waals surface area contributed by atoms with Crippen LogP contribution < -0.4 is 10.1 Å². The summed E-state index contributed by atoms with van der Waals surface area (Å²) in [6.45, 7) is 2.12. The van der Waals surface area contributed by atoms with Gasteiger partial charge in [0.15, 0.2) is 0 Å². The van der Waals surface area contributed by atoms with Crippen molar-refractivity contribution in [1.82, 2.24) is 25.2 Å². The largest absolute Gasteiger partial charge is 0.492 e. The van der Waals surface area contributed by atoms with E-state index in [9.17, 15) is 19.1 Å². The summed E-state index contributed by atoms with van der Waals surface area (Å²) in [5.41, 5.74) is 2.69. The van der Waals surface area contributed by atoms with Crippen molar-refractivity contribution in [2.45, 2.75) is 31.9 Å². The fourth-order valence-electron chi connectivity index (χ4n) is 4.23. The molecule has 1 aliphatic carbocycles. The number of carbonyl (C=O) groups excluding carboxylic acids is 1. The number of aliphatic hydroxyl groups is 1. The van der Waals surface area contributed by atoms with Crippen LogP contribution in [0.1, 0.15) is 28.9 Å². The number of rotatable bonds is 6. The molecular weight excluding hydrogens is 445 g/mol. The van der Waals surface area contributed by atoms with Crippen LogP contribution in [0.25, 0.3) is 22.3 Å². The minimum Gasteiger partial charge on any atom is -0.492 e. The monoisotopic (exact) mass is 469 g/mol. The van der Waals surface area contributed by atoms with E-state index in [0.29, 0.717) is 46.3 Å². The second-order valence-electron chi connectivity index (χ2n) is 8.80. The minimum atomic E-state index is -1.16. The summed E-state index contributed by atoms with van der Waals surface area (Å²) in [6.07, 6.45) is 1.34. The highest BCUT2D eigenvalue weighted by molar-refractivity contribution is 6.09. The number of benzene rings is 1. The third-order valence-corrected chi connectivity index (χ3v) is 6.24. The molecule has 1 saturated heterocycles. The van der Waals surface area contributed by atoms with Crippen molar-refractivity contribution in [3.8, 4) is 17.0 Å². The lowest BCUT2D eigenvalue weighted by molar-refractivity contribution is 0.0889. The van der Waals surface area contributed by atoms with Gasteiger partial charge in [0.2, 0.25) is 0 Å². The Morgan fingerprint density at radius 2 is 2.09 bits per heavy atom. The molecule has 2 amide bonds. The number of hydrogen-bond acceptors (Lipinski definition) is 6. The topological polar surface area (TPSA) is 141 Å². The highest BCUT2D eigenvalue weighted by Crippen LogP contribution is 2.36. The fraction of sp³-hybridized carbons (Fsp3) is 0.391. The Hall–Kier alpha value is -3.73. The number of amides is 2. The molecule has 0 bridgehead atoms. The number of carboxylic acid groups (broad SMARTS) is 1. The smallest absolute Gasteiger partial charge is 0.407 e. The van der Waals surface area contributed by atoms with Crippen molar-refractivity contribution < 1.29 is 28.9 Å². The van der Waals surface area contributed by atoms with E-state index in [1.807, 2.05) is 0 Å². The minimum absolute atomic E-state index is 0.0127. The summed E-state index contributed by atoms with van der Waals surface area (Å²) >= 11 is 0. The lowest BCUT2D eigenvalue weighted by atomic mass is 10.1. The van der Waals surface area contributed by atoms with E-state index < -0.39 is 30.0 Å². The van der Waals surface area contributed by atoms with Crippen LogP contribution in [-0.2, 0) is 0 Å². The molecule has 1 aliphatic heterocycles. The summed E-state index contributed by atoms with van der Waals surface area (Å²) < 4.78 is 19.8. The predicted molar refractivity (Wildman–Crippen MR) is 119 cm³/mol. The number of fused-ring (bicyclic) bond motifs is 1. The maximum atomic E-state index is 14.0. The summed E-state index contributed by atoms with van der Waals surface area (Å²) in [4.78, 5) is 37.2. The molecule has 178 valence electrons. The molecule has 0 radical (unpaired) electrons. The van der Waals surface area contributed by atoms with Crippen LogP contribution in [0.2, 0.25) is 0 Å². The molecule has 2 fully saturated rings. The number of nitrogens with zero attached hydrogens (tertiary/aromatic N) is 3. The van der Waals surface area contributed by atoms with Gasteiger partial charge in [-0.25, -0.2) is 19.2 Å². The molecule has 3 heterocycles. The number of carbonyl (C=O) groups is 2. The van der Waals surface area contributed by atoms with E-state index in [1.54, 1.807) is 13.0 Å². The molecule has 2 unspecified atom stereocenters. The van der Waals surface area contributed by atoms with Gasteiger partial charge in [-0.2, -0.15) is 0 Å². The maximum absolute atomic E-state index is 14.0. The van der Waals surface area contributed by atoms with Gasteiger partial charge in [0, 0.05) is 23.9 Å². The van der Waals surface area contributed by atoms with Crippen molar-refractivity contribution in [3.05, 3.63) is 41.6 Å². The van der Waals surface area contributed by atoms with Gasteiger partial charge in [0.05, 0.1) is 36.4 Å². The SMILES string of the molecule is Cc1[nH]c2c(-c3ccc(F)cc3OCC3CC3)ncnc2c1C(=O)NC1CN(C(=O)O)CC1O. The van der Waals surface area contributed by atoms with E-state index in [4.69, 9.17) is 9.84 Å². The lowest BCUT2D eigenvalue weighted by Crippen LogP contribution is -2.43. The summed E-state index contributed by atoms with van der Waals surface area (Å²) in [5, 5.41) is 22.0. The van der Waals surface area contributed by atoms with E-state index in [0.717, 1.165) is 17.7 Å². The Balaban J connectivity index is 1.47. The number of likely N-dealkylation sites (tertiary alicyclic amines) is 1. The van der Waals surface area contributed by atoms with Crippen LogP contribution in [0.5, 0.6) is 5.75 Å². The van der Waals surface area contributed by atoms with Gasteiger partial charge in [-0.3, -0.25) is 4.79 Å². The van der Waals surface area contributed by atoms with Gasteiger partial charge in [-0.15, -0.1) is 0 Å². The number of aromatic amines is 1. The molecule has 2 aromatic heterocycles. The third kappa shape index (κ3) is 4.14. The van der Waals surface area contributed by atoms with E-state index in [2.05, 4.69) is 20.3 Å². The number of H-pyrrole nitrogens is 1. The number of β-amino-alcohol motifs (C(OH)–C–C–N with tert-alkyl or cyclic N) is 1. The average molecular weight is 469 g/mol. The Labute approximate surface area is 193 Å². The average Bonchev–Trinajstić information content (AvgIpc) is 3.46. The molecule has 10 nitrogen and oxygen atoms in total. The molecule has 1 aromatic carbocycles. The van der Waals surface area contributed by atoms with Crippen LogP contribution in [0.4, 0.5) is 9.18 Å². The molecule has 2 atom stereocenters. The van der Waals surface area contributed by atoms with Crippen molar-refractivity contribution in [2.75, 3.05) is 19.7 Å². The standard InChI is InChI=1S/C23H24FN5O5/c1-11-18(22(31)28-15-7-29(23(32)33)8-16(15)30)20-21(27-11)19(25-10-26-20)14-5-4-13(24)6-17(14)34-9-12-2-3-12/h4-6,10,12,15-16,27,30H,2-3,7-9H2,1H3,(H,28,31)(H,32,33). The van der Waals surface area contributed by atoms with Gasteiger partial charge in [0.1, 0.15) is 29.1 Å². The zero-order chi connectivity index (χ0) is 24.0. The molecular formula is C23H24FN5O5. The number of halogens is 1. The molecule has 5 rings (SSSR count). The molecule has 11 heteroatoms. The Bertz CT molecular complexity index is 1270. The van der Waals surface area contributed by atoms with E-state index in [1.165, 1.54) is 18.5 Å². The van der Waals surface area contributed by atoms with Crippen LogP contribution in [0.15, 0.2) is 24.5 Å². The van der Waals surface area contributed by atoms with Crippen molar-refractivity contribution in [1.29, 1.82) is 0 Å². The van der Waals surface area contributed by atoms with Gasteiger partial charge in [-0.05, 0) is 37.8 Å². The second-order valence-corrected chi connectivity index (χ2v) is 8.80. The normalized spacial score (nSPS) is 20.0. The molecule has 0 spiro atoms. The summed E-state index contributed by atoms with van der Waals surface area (Å²) in [6, 6.07) is 3.50. The number of aryl methyl sites for hydroxylation is 1. The highest BCUT2D eigenvalue weighted by Gasteiger charge is 2.36. The lowest BCUT2D eigenvalue weighted by Gasteiger charge is -2.15. The predicted octanol–water partition coefficient (Wildman–Crippen LogP) is 2.31. The van der Waals surface area contributed by atoms with Crippen LogP contribution in [0, 0.1) is 18.7 Å². The Morgan fingerprint density at radius 3 is 2.79 bits per heavy atom. The van der Waals surface area contributed by atoms with Gasteiger partial charge in [-0.1, -0.05) is 0 Å². The van der Waals surface area contributed by atoms with Crippen molar-refractivity contribution in [2.24, 2.45) is 5.92 Å². The molecule has 1 saturated carbocycles. The zero-order valence-corrected chi connectivity index (χ0v) is 18.4. The first kappa shape index (κ1) is 22.1. The molecule has 3 aromatic rings. The molecule has 4 N–H and O–H groups in total. The number of nitrogens with one attached hydrogen (secondary N) is 2. The fourth-order valence-corrected chi connectivity index (χ4v) is 4.23. The first-order valence-electron chi connectivity index (χ1n) is 11.0. The van der Waals surface area contributed by atoms with Crippen LogP contribution in [0.3, 0.4) is 0 Å². The van der Waals surface area contributed by atoms with Crippen molar-refractivity contribution >= 4 is 23.0 Å². The number of ether oxygens (including phenoxy) is 1. The Kier molecular flexibility index (Phi) is 5.56. The van der Waals surface area contributed by atoms with Gasteiger partial charge < -0.3 is 30.2 Å². The van der Waals surface area contributed by atoms with Crippen molar-refractivity contribution in [3.63, 3.8) is 0 Å². The van der Waals surface area contributed by atoms with E-state index in [-0.39, 0.29) is 18.7 Å². The Morgan fingerprint density at radius 1 is 1.29 bits per heavy atom. The first-order valence-corrected chi connectivity index (χ1v) is 11.0. The maximum Gasteiger partial charge on any atom is 0.407 e. The van der Waals surface area contributed by atoms with E-state index >= 15 is 0 Å². The molecule has 34 heavy (non-hydrogen) atoms. The number of aliphatic hydroxyl groups excluding tert-OH is 1. The van der Waals surface area contributed by atoms with Gasteiger partial charge in [0.25, 0.3) is 5.91 Å². The number of aromatic nitrogens is 3. The summed E-state index contributed by atoms with van der Waals surface area (Å²) in [5.74, 6) is -0.0670. The molecule has 2 aliphatic rings. The highest BCUT2D eigenvalue weighted by atomic mass is 19.1. The van der Waals surface area contributed by atoms with Crippen LogP contribution in [-0.4, -0.2) is 73.9 Å². The first-order chi connectivity index (χ1) is 16.3. The number of hydrogen-bond donors (Lipinski definition) is 4. The van der Waals surface area contributed by atoms with Gasteiger partial charge >= 0.3 is 6.09 Å². The summed E-state index contributed by atoms with van der Waals surface area (Å²) in [7, 11) is 0. The van der Waals surface area contributed by atoms with Crippen LogP contribution >= 0.6 is 0 Å². The second kappa shape index (κ2) is 8.56.